The average molecular weight is 311 g/mol. The minimum Gasteiger partial charge on any atom is -0.493 e. The number of imidazole rings is 1. The molecule has 1 amide bonds. The normalized spacial score (nSPS) is 10.6. The van der Waals surface area contributed by atoms with Crippen LogP contribution in [0.5, 0.6) is 11.5 Å². The molecule has 0 aliphatic carbocycles. The second-order valence-electron chi connectivity index (χ2n) is 5.05. The fourth-order valence-corrected chi connectivity index (χ4v) is 2.37. The molecule has 0 fully saturated rings. The van der Waals surface area contributed by atoms with Gasteiger partial charge in [-0.25, -0.2) is 4.98 Å². The maximum absolute atomic E-state index is 12.4. The second-order valence-corrected chi connectivity index (χ2v) is 5.05. The van der Waals surface area contributed by atoms with Crippen LogP contribution in [-0.4, -0.2) is 29.5 Å². The van der Waals surface area contributed by atoms with Crippen LogP contribution in [0.2, 0.25) is 0 Å². The van der Waals surface area contributed by atoms with Gasteiger partial charge in [-0.05, 0) is 31.2 Å². The zero-order valence-electron chi connectivity index (χ0n) is 13.2. The van der Waals surface area contributed by atoms with Gasteiger partial charge in [0.1, 0.15) is 11.3 Å². The highest BCUT2D eigenvalue weighted by molar-refractivity contribution is 6.03. The molecular formula is C17H17N3O3. The van der Waals surface area contributed by atoms with Crippen LogP contribution in [0.25, 0.3) is 5.65 Å². The largest absolute Gasteiger partial charge is 0.493 e. The first-order valence-electron chi connectivity index (χ1n) is 7.10. The number of pyridine rings is 1. The third-order valence-corrected chi connectivity index (χ3v) is 3.57. The van der Waals surface area contributed by atoms with Gasteiger partial charge in [0.15, 0.2) is 11.5 Å². The van der Waals surface area contributed by atoms with Crippen LogP contribution in [0.4, 0.5) is 5.69 Å². The molecule has 0 aliphatic heterocycles. The summed E-state index contributed by atoms with van der Waals surface area (Å²) in [6.07, 6.45) is 1.72. The van der Waals surface area contributed by atoms with Crippen molar-refractivity contribution in [1.29, 1.82) is 0 Å². The van der Waals surface area contributed by atoms with Gasteiger partial charge in [0.25, 0.3) is 5.91 Å². The van der Waals surface area contributed by atoms with Crippen LogP contribution in [0, 0.1) is 6.92 Å². The van der Waals surface area contributed by atoms with Gasteiger partial charge in [-0.2, -0.15) is 0 Å². The van der Waals surface area contributed by atoms with Gasteiger partial charge in [0.2, 0.25) is 0 Å². The molecule has 0 radical (unpaired) electrons. The van der Waals surface area contributed by atoms with Crippen LogP contribution in [0.15, 0.2) is 42.6 Å². The first-order chi connectivity index (χ1) is 11.1. The summed E-state index contributed by atoms with van der Waals surface area (Å²) < 4.78 is 12.3. The molecule has 3 aromatic rings. The number of nitrogens with zero attached hydrogens (tertiary/aromatic N) is 2. The van der Waals surface area contributed by atoms with Gasteiger partial charge in [0.05, 0.1) is 14.2 Å². The minimum absolute atomic E-state index is 0.277. The van der Waals surface area contributed by atoms with E-state index >= 15 is 0 Å². The van der Waals surface area contributed by atoms with Crippen LogP contribution in [0.3, 0.4) is 0 Å². The van der Waals surface area contributed by atoms with Gasteiger partial charge in [-0.3, -0.25) is 4.79 Å². The number of carbonyl (C=O) groups excluding carboxylic acids is 1. The van der Waals surface area contributed by atoms with Gasteiger partial charge < -0.3 is 19.2 Å². The molecule has 0 saturated carbocycles. The molecule has 2 heterocycles. The van der Waals surface area contributed by atoms with Gasteiger partial charge in [-0.1, -0.05) is 6.07 Å². The van der Waals surface area contributed by atoms with E-state index in [0.717, 1.165) is 11.3 Å². The number of ether oxygens (including phenoxy) is 2. The molecular weight excluding hydrogens is 294 g/mol. The zero-order valence-corrected chi connectivity index (χ0v) is 13.2. The van der Waals surface area contributed by atoms with Gasteiger partial charge >= 0.3 is 0 Å². The first-order valence-corrected chi connectivity index (χ1v) is 7.10. The predicted molar refractivity (Wildman–Crippen MR) is 87.4 cm³/mol. The van der Waals surface area contributed by atoms with E-state index in [2.05, 4.69) is 10.3 Å². The van der Waals surface area contributed by atoms with Gasteiger partial charge in [0, 0.05) is 23.6 Å². The van der Waals surface area contributed by atoms with Crippen molar-refractivity contribution >= 4 is 17.2 Å². The highest BCUT2D eigenvalue weighted by Gasteiger charge is 2.13. The minimum atomic E-state index is -0.277. The Kier molecular flexibility index (Phi) is 3.89. The van der Waals surface area contributed by atoms with Crippen LogP contribution >= 0.6 is 0 Å². The summed E-state index contributed by atoms with van der Waals surface area (Å²) in [6, 6.07) is 10.9. The summed E-state index contributed by atoms with van der Waals surface area (Å²) >= 11 is 0. The number of aromatic nitrogens is 2. The summed E-state index contributed by atoms with van der Waals surface area (Å²) in [5.74, 6) is 0.880. The van der Waals surface area contributed by atoms with E-state index in [1.165, 1.54) is 0 Å². The lowest BCUT2D eigenvalue weighted by Crippen LogP contribution is -2.12. The lowest BCUT2D eigenvalue weighted by Gasteiger charge is -2.09. The van der Waals surface area contributed by atoms with E-state index < -0.39 is 0 Å². The lowest BCUT2D eigenvalue weighted by atomic mass is 10.2. The van der Waals surface area contributed by atoms with Crippen molar-refractivity contribution in [3.8, 4) is 11.5 Å². The third-order valence-electron chi connectivity index (χ3n) is 3.57. The molecule has 118 valence electrons. The zero-order chi connectivity index (χ0) is 16.4. The molecule has 1 N–H and O–H groups in total. The molecule has 0 saturated heterocycles. The van der Waals surface area contributed by atoms with Crippen LogP contribution in [0.1, 0.15) is 16.2 Å². The Morgan fingerprint density at radius 1 is 1.13 bits per heavy atom. The van der Waals surface area contributed by atoms with Crippen molar-refractivity contribution in [3.05, 3.63) is 54.0 Å². The lowest BCUT2D eigenvalue weighted by molar-refractivity contribution is 0.102. The molecule has 6 nitrogen and oxygen atoms in total. The third kappa shape index (κ3) is 2.83. The monoisotopic (exact) mass is 311 g/mol. The van der Waals surface area contributed by atoms with Crippen molar-refractivity contribution < 1.29 is 14.3 Å². The van der Waals surface area contributed by atoms with Gasteiger partial charge in [-0.15, -0.1) is 0 Å². The molecule has 0 unspecified atom stereocenters. The number of methoxy groups -OCH3 is 2. The highest BCUT2D eigenvalue weighted by Crippen LogP contribution is 2.29. The topological polar surface area (TPSA) is 64.9 Å². The molecule has 0 spiro atoms. The molecule has 1 aromatic carbocycles. The van der Waals surface area contributed by atoms with Crippen molar-refractivity contribution in [2.45, 2.75) is 6.92 Å². The summed E-state index contributed by atoms with van der Waals surface area (Å²) in [7, 11) is 3.11. The molecule has 23 heavy (non-hydrogen) atoms. The number of carbonyl (C=O) groups is 1. The molecule has 6 heteroatoms. The fourth-order valence-electron chi connectivity index (χ4n) is 2.37. The van der Waals surface area contributed by atoms with Crippen molar-refractivity contribution in [1.82, 2.24) is 9.38 Å². The molecule has 0 aliphatic rings. The Labute approximate surface area is 133 Å². The highest BCUT2D eigenvalue weighted by atomic mass is 16.5. The van der Waals surface area contributed by atoms with E-state index in [1.807, 2.05) is 29.5 Å². The van der Waals surface area contributed by atoms with Crippen molar-refractivity contribution in [2.24, 2.45) is 0 Å². The number of benzene rings is 1. The predicted octanol–water partition coefficient (Wildman–Crippen LogP) is 2.91. The van der Waals surface area contributed by atoms with E-state index in [1.54, 1.807) is 38.6 Å². The van der Waals surface area contributed by atoms with E-state index in [9.17, 15) is 4.79 Å². The molecule has 0 bridgehead atoms. The van der Waals surface area contributed by atoms with E-state index in [0.29, 0.717) is 22.9 Å². The number of hydrogen-bond donors (Lipinski definition) is 1. The Balaban J connectivity index is 1.87. The quantitative estimate of drug-likeness (QED) is 0.804. The second kappa shape index (κ2) is 6.00. The SMILES string of the molecule is COc1ccc(NC(=O)c2cn3c(C)cccc3n2)cc1OC. The first kappa shape index (κ1) is 14.9. The van der Waals surface area contributed by atoms with E-state index in [-0.39, 0.29) is 5.91 Å². The number of nitrogens with one attached hydrogen (secondary N) is 1. The Bertz CT molecular complexity index is 871. The Morgan fingerprint density at radius 3 is 2.61 bits per heavy atom. The van der Waals surface area contributed by atoms with Crippen molar-refractivity contribution in [2.75, 3.05) is 19.5 Å². The number of hydrogen-bond acceptors (Lipinski definition) is 4. The Hall–Kier alpha value is -3.02. The van der Waals surface area contributed by atoms with E-state index in [4.69, 9.17) is 9.47 Å². The molecule has 3 rings (SSSR count). The summed E-state index contributed by atoms with van der Waals surface area (Å²) in [5.41, 5.74) is 2.72. The number of anilines is 1. The van der Waals surface area contributed by atoms with Crippen molar-refractivity contribution in [3.63, 3.8) is 0 Å². The maximum atomic E-state index is 12.4. The summed E-state index contributed by atoms with van der Waals surface area (Å²) in [4.78, 5) is 16.7. The van der Waals surface area contributed by atoms with Crippen LogP contribution in [-0.2, 0) is 0 Å². The number of aryl methyl sites for hydroxylation is 1. The summed E-state index contributed by atoms with van der Waals surface area (Å²) in [5, 5.41) is 2.81. The summed E-state index contributed by atoms with van der Waals surface area (Å²) in [6.45, 7) is 1.96. The molecule has 2 aromatic heterocycles. The average Bonchev–Trinajstić information content (AvgIpc) is 3.00. The fraction of sp³-hybridized carbons (Fsp3) is 0.176. The molecule has 0 atom stereocenters. The Morgan fingerprint density at radius 2 is 1.91 bits per heavy atom. The number of rotatable bonds is 4. The standard InChI is InChI=1S/C17H17N3O3/c1-11-5-4-6-16-19-13(10-20(11)16)17(21)18-12-7-8-14(22-2)15(9-12)23-3/h4-10H,1-3H3,(H,18,21). The number of amides is 1. The number of fused-ring (bicyclic) bond motifs is 1. The smallest absolute Gasteiger partial charge is 0.275 e. The maximum Gasteiger partial charge on any atom is 0.275 e. The van der Waals surface area contributed by atoms with Crippen LogP contribution < -0.4 is 14.8 Å².